The highest BCUT2D eigenvalue weighted by atomic mass is 35.5. The first-order valence-electron chi connectivity index (χ1n) is 6.82. The van der Waals surface area contributed by atoms with E-state index in [-0.39, 0.29) is 6.04 Å². The van der Waals surface area contributed by atoms with Crippen molar-refractivity contribution in [2.24, 2.45) is 4.40 Å². The number of rotatable bonds is 5. The maximum atomic E-state index is 12.1. The molecule has 0 radical (unpaired) electrons. The molecular weight excluding hydrogens is 296 g/mol. The molecule has 1 aliphatic rings. The van der Waals surface area contributed by atoms with Gasteiger partial charge in [-0.25, -0.2) is 0 Å². The number of halogens is 1. The van der Waals surface area contributed by atoms with Gasteiger partial charge in [-0.1, -0.05) is 26.0 Å². The quantitative estimate of drug-likeness (QED) is 0.785. The van der Waals surface area contributed by atoms with E-state index in [1.165, 1.54) is 0 Å². The summed E-state index contributed by atoms with van der Waals surface area (Å²) in [5, 5.41) is 0. The number of hydrogen-bond donors (Lipinski definition) is 0. The molecule has 0 N–H and O–H groups in total. The van der Waals surface area contributed by atoms with Gasteiger partial charge in [0.2, 0.25) is 0 Å². The molecular formula is C14H19ClN2O2S. The van der Waals surface area contributed by atoms with Crippen LogP contribution in [0, 0.1) is 0 Å². The summed E-state index contributed by atoms with van der Waals surface area (Å²) in [5.41, 5.74) is 0.685. The number of benzene rings is 1. The van der Waals surface area contributed by atoms with Crippen molar-refractivity contribution in [1.82, 2.24) is 4.90 Å². The number of amidine groups is 1. The van der Waals surface area contributed by atoms with E-state index in [1.807, 2.05) is 17.0 Å². The van der Waals surface area contributed by atoms with E-state index in [0.29, 0.717) is 28.7 Å². The SMILES string of the molecule is CCC(CC)N(CCCl)C1=NS(=O)(=O)c2ccccc21. The Bertz CT molecular complexity index is 609. The second-order valence-corrected chi connectivity index (χ2v) is 6.69. The topological polar surface area (TPSA) is 49.7 Å². The predicted octanol–water partition coefficient (Wildman–Crippen LogP) is 2.86. The summed E-state index contributed by atoms with van der Waals surface area (Å²) in [7, 11) is -3.56. The number of hydrogen-bond acceptors (Lipinski definition) is 3. The van der Waals surface area contributed by atoms with Gasteiger partial charge in [0.25, 0.3) is 10.0 Å². The fourth-order valence-electron chi connectivity index (χ4n) is 2.58. The van der Waals surface area contributed by atoms with Crippen LogP contribution < -0.4 is 0 Å². The molecule has 110 valence electrons. The zero-order valence-electron chi connectivity index (χ0n) is 11.7. The molecule has 0 saturated carbocycles. The van der Waals surface area contributed by atoms with Crippen LogP contribution >= 0.6 is 11.6 Å². The summed E-state index contributed by atoms with van der Waals surface area (Å²) in [6, 6.07) is 7.21. The van der Waals surface area contributed by atoms with Gasteiger partial charge in [-0.3, -0.25) is 0 Å². The molecule has 20 heavy (non-hydrogen) atoms. The van der Waals surface area contributed by atoms with Gasteiger partial charge >= 0.3 is 0 Å². The third kappa shape index (κ3) is 2.69. The molecule has 0 atom stereocenters. The Morgan fingerprint density at radius 2 is 1.90 bits per heavy atom. The highest BCUT2D eigenvalue weighted by Gasteiger charge is 2.33. The summed E-state index contributed by atoms with van der Waals surface area (Å²) in [4.78, 5) is 2.32. The van der Waals surface area contributed by atoms with E-state index in [9.17, 15) is 8.42 Å². The van der Waals surface area contributed by atoms with Crippen LogP contribution in [0.15, 0.2) is 33.6 Å². The summed E-state index contributed by atoms with van der Waals surface area (Å²) < 4.78 is 28.2. The van der Waals surface area contributed by atoms with Crippen LogP contribution in [-0.4, -0.2) is 37.6 Å². The normalized spacial score (nSPS) is 16.1. The fraction of sp³-hybridized carbons (Fsp3) is 0.500. The van der Waals surface area contributed by atoms with Crippen LogP contribution in [0.2, 0.25) is 0 Å². The minimum absolute atomic E-state index is 0.244. The van der Waals surface area contributed by atoms with Gasteiger partial charge in [0, 0.05) is 24.0 Å². The van der Waals surface area contributed by atoms with Crippen molar-refractivity contribution in [3.8, 4) is 0 Å². The lowest BCUT2D eigenvalue weighted by atomic mass is 10.1. The van der Waals surface area contributed by atoms with Gasteiger partial charge in [0.1, 0.15) is 4.90 Å². The fourth-order valence-corrected chi connectivity index (χ4v) is 3.98. The molecule has 0 unspecified atom stereocenters. The average molecular weight is 315 g/mol. The molecule has 0 spiro atoms. The van der Waals surface area contributed by atoms with E-state index in [1.54, 1.807) is 12.1 Å². The molecule has 2 rings (SSSR count). The molecule has 0 aromatic heterocycles. The Balaban J connectivity index is 2.50. The standard InChI is InChI=1S/C14H19ClN2O2S/c1-3-11(4-2)17(10-9-15)14-12-7-5-6-8-13(12)20(18,19)16-14/h5-8,11H,3-4,9-10H2,1-2H3. The second-order valence-electron chi connectivity index (χ2n) is 4.74. The maximum Gasteiger partial charge on any atom is 0.285 e. The van der Waals surface area contributed by atoms with Gasteiger partial charge < -0.3 is 4.90 Å². The van der Waals surface area contributed by atoms with Crippen LogP contribution in [0.25, 0.3) is 0 Å². The molecule has 0 amide bonds. The minimum atomic E-state index is -3.56. The maximum absolute atomic E-state index is 12.1. The number of nitrogens with zero attached hydrogens (tertiary/aromatic N) is 2. The molecule has 1 aromatic carbocycles. The first kappa shape index (κ1) is 15.3. The Kier molecular flexibility index (Phi) is 4.70. The molecule has 1 heterocycles. The lowest BCUT2D eigenvalue weighted by molar-refractivity contribution is 0.310. The van der Waals surface area contributed by atoms with Crippen molar-refractivity contribution in [3.05, 3.63) is 29.8 Å². The molecule has 0 bridgehead atoms. The Labute approximate surface area is 125 Å². The van der Waals surface area contributed by atoms with E-state index >= 15 is 0 Å². The zero-order chi connectivity index (χ0) is 14.8. The number of sulfonamides is 1. The van der Waals surface area contributed by atoms with Crippen molar-refractivity contribution < 1.29 is 8.42 Å². The lowest BCUT2D eigenvalue weighted by Crippen LogP contribution is -2.41. The van der Waals surface area contributed by atoms with E-state index < -0.39 is 10.0 Å². The second kappa shape index (κ2) is 6.14. The monoisotopic (exact) mass is 314 g/mol. The van der Waals surface area contributed by atoms with Gasteiger partial charge in [0.05, 0.1) is 0 Å². The summed E-state index contributed by atoms with van der Waals surface area (Å²) >= 11 is 5.88. The molecule has 4 nitrogen and oxygen atoms in total. The first-order chi connectivity index (χ1) is 9.55. The molecule has 0 aliphatic carbocycles. The zero-order valence-corrected chi connectivity index (χ0v) is 13.3. The first-order valence-corrected chi connectivity index (χ1v) is 8.79. The number of alkyl halides is 1. The third-order valence-corrected chi connectivity index (χ3v) is 5.09. The summed E-state index contributed by atoms with van der Waals surface area (Å²) in [6.07, 6.45) is 1.85. The van der Waals surface area contributed by atoms with E-state index in [0.717, 1.165) is 12.8 Å². The highest BCUT2D eigenvalue weighted by molar-refractivity contribution is 7.90. The smallest absolute Gasteiger partial charge is 0.285 e. The minimum Gasteiger partial charge on any atom is -0.351 e. The third-order valence-electron chi connectivity index (χ3n) is 3.59. The van der Waals surface area contributed by atoms with Crippen LogP contribution in [-0.2, 0) is 10.0 Å². The largest absolute Gasteiger partial charge is 0.351 e. The summed E-state index contributed by atoms with van der Waals surface area (Å²) in [5.74, 6) is 0.979. The molecule has 1 aromatic rings. The van der Waals surface area contributed by atoms with Crippen LogP contribution in [0.4, 0.5) is 0 Å². The highest BCUT2D eigenvalue weighted by Crippen LogP contribution is 2.29. The van der Waals surface area contributed by atoms with Crippen LogP contribution in [0.5, 0.6) is 0 Å². The molecule has 1 aliphatic heterocycles. The van der Waals surface area contributed by atoms with Gasteiger partial charge in [0.15, 0.2) is 5.84 Å². The molecule has 6 heteroatoms. The molecule has 0 fully saturated rings. The van der Waals surface area contributed by atoms with Crippen molar-refractivity contribution in [2.45, 2.75) is 37.6 Å². The predicted molar refractivity (Wildman–Crippen MR) is 82.0 cm³/mol. The van der Waals surface area contributed by atoms with E-state index in [2.05, 4.69) is 18.2 Å². The van der Waals surface area contributed by atoms with Gasteiger partial charge in [-0.05, 0) is 25.0 Å². The van der Waals surface area contributed by atoms with Crippen molar-refractivity contribution >= 4 is 27.5 Å². The van der Waals surface area contributed by atoms with Gasteiger partial charge in [-0.15, -0.1) is 16.0 Å². The Morgan fingerprint density at radius 3 is 2.50 bits per heavy atom. The van der Waals surface area contributed by atoms with Gasteiger partial charge in [-0.2, -0.15) is 8.42 Å². The van der Waals surface area contributed by atoms with Crippen molar-refractivity contribution in [3.63, 3.8) is 0 Å². The summed E-state index contributed by atoms with van der Waals surface area (Å²) in [6.45, 7) is 4.77. The van der Waals surface area contributed by atoms with Crippen molar-refractivity contribution in [2.75, 3.05) is 12.4 Å². The Morgan fingerprint density at radius 1 is 1.25 bits per heavy atom. The molecule has 0 saturated heterocycles. The average Bonchev–Trinajstić information content (AvgIpc) is 2.72. The Hall–Kier alpha value is -1.07. The van der Waals surface area contributed by atoms with E-state index in [4.69, 9.17) is 11.6 Å². The lowest BCUT2D eigenvalue weighted by Gasteiger charge is -2.31. The van der Waals surface area contributed by atoms with Crippen LogP contribution in [0.3, 0.4) is 0 Å². The van der Waals surface area contributed by atoms with Crippen LogP contribution in [0.1, 0.15) is 32.3 Å². The number of fused-ring (bicyclic) bond motifs is 1. The van der Waals surface area contributed by atoms with Crippen molar-refractivity contribution in [1.29, 1.82) is 0 Å².